The van der Waals surface area contributed by atoms with Gasteiger partial charge in [0.1, 0.15) is 0 Å². The first kappa shape index (κ1) is 11.4. The summed E-state index contributed by atoms with van der Waals surface area (Å²) < 4.78 is 6.09. The molecular weight excluding hydrogens is 186 g/mol. The van der Waals surface area contributed by atoms with Crippen molar-refractivity contribution in [1.29, 1.82) is 0 Å². The Morgan fingerprint density at radius 2 is 2.00 bits per heavy atom. The Bertz CT molecular complexity index is 207. The molecule has 15 heavy (non-hydrogen) atoms. The minimum Gasteiger partial charge on any atom is -0.375 e. The summed E-state index contributed by atoms with van der Waals surface area (Å²) in [5.41, 5.74) is 0.270. The van der Waals surface area contributed by atoms with Crippen LogP contribution in [-0.4, -0.2) is 36.2 Å². The largest absolute Gasteiger partial charge is 0.375 e. The predicted molar refractivity (Wildman–Crippen MR) is 63.0 cm³/mol. The van der Waals surface area contributed by atoms with E-state index in [0.717, 1.165) is 12.5 Å². The van der Waals surface area contributed by atoms with Crippen LogP contribution in [0.3, 0.4) is 0 Å². The fourth-order valence-electron chi connectivity index (χ4n) is 3.00. The van der Waals surface area contributed by atoms with Crippen molar-refractivity contribution in [2.24, 2.45) is 5.92 Å². The third-order valence-electron chi connectivity index (χ3n) is 4.30. The second kappa shape index (κ2) is 4.42. The Morgan fingerprint density at radius 3 is 2.47 bits per heavy atom. The molecule has 0 radical (unpaired) electrons. The molecule has 2 fully saturated rings. The molecule has 0 N–H and O–H groups in total. The molecule has 0 aromatic rings. The first-order chi connectivity index (χ1) is 7.15. The fraction of sp³-hybridized carbons (Fsp3) is 1.00. The Hall–Kier alpha value is -0.0800. The zero-order chi connectivity index (χ0) is 10.9. The predicted octanol–water partition coefficient (Wildman–Crippen LogP) is 2.68. The Morgan fingerprint density at radius 1 is 1.33 bits per heavy atom. The third-order valence-corrected chi connectivity index (χ3v) is 4.30. The van der Waals surface area contributed by atoms with Gasteiger partial charge in [0, 0.05) is 19.1 Å². The number of ether oxygens (including phenoxy) is 1. The van der Waals surface area contributed by atoms with Crippen LogP contribution in [0.1, 0.15) is 46.5 Å². The van der Waals surface area contributed by atoms with E-state index in [4.69, 9.17) is 4.74 Å². The van der Waals surface area contributed by atoms with Crippen LogP contribution in [0.15, 0.2) is 0 Å². The smallest absolute Gasteiger partial charge is 0.0710 e. The number of rotatable bonds is 2. The highest BCUT2D eigenvalue weighted by Gasteiger charge is 2.42. The first-order valence-electron chi connectivity index (χ1n) is 6.53. The molecule has 1 unspecified atom stereocenters. The van der Waals surface area contributed by atoms with Gasteiger partial charge in [0.2, 0.25) is 0 Å². The summed E-state index contributed by atoms with van der Waals surface area (Å²) in [5, 5.41) is 0. The monoisotopic (exact) mass is 211 g/mol. The summed E-state index contributed by atoms with van der Waals surface area (Å²) in [6.45, 7) is 10.3. The van der Waals surface area contributed by atoms with Gasteiger partial charge in [0.15, 0.2) is 0 Å². The van der Waals surface area contributed by atoms with Gasteiger partial charge in [-0.05, 0) is 39.0 Å². The Kier molecular flexibility index (Phi) is 3.36. The molecule has 0 aromatic heterocycles. The van der Waals surface area contributed by atoms with Gasteiger partial charge in [-0.15, -0.1) is 0 Å². The van der Waals surface area contributed by atoms with Gasteiger partial charge in [0.25, 0.3) is 0 Å². The highest BCUT2D eigenvalue weighted by molar-refractivity contribution is 4.93. The zero-order valence-electron chi connectivity index (χ0n) is 10.5. The second-order valence-corrected chi connectivity index (χ2v) is 5.60. The standard InChI is InChI=1S/C13H25NO/c1-4-12-9-13(15-10-12)5-7-14(8-6-13)11(2)3/h11-12H,4-10H2,1-3H3. The average molecular weight is 211 g/mol. The third kappa shape index (κ3) is 2.36. The van der Waals surface area contributed by atoms with Crippen molar-refractivity contribution < 1.29 is 4.74 Å². The van der Waals surface area contributed by atoms with Crippen LogP contribution in [0.2, 0.25) is 0 Å². The Labute approximate surface area is 94.0 Å². The van der Waals surface area contributed by atoms with Crippen molar-refractivity contribution in [2.45, 2.75) is 58.1 Å². The van der Waals surface area contributed by atoms with E-state index in [9.17, 15) is 0 Å². The normalized spacial score (nSPS) is 31.6. The topological polar surface area (TPSA) is 12.5 Å². The Balaban J connectivity index is 1.87. The van der Waals surface area contributed by atoms with Crippen molar-refractivity contribution in [3.63, 3.8) is 0 Å². The van der Waals surface area contributed by atoms with E-state index in [0.29, 0.717) is 6.04 Å². The molecule has 1 atom stereocenters. The second-order valence-electron chi connectivity index (χ2n) is 5.60. The SMILES string of the molecule is CCC1COC2(CCN(C(C)C)CC2)C1. The minimum atomic E-state index is 0.270. The van der Waals surface area contributed by atoms with Crippen LogP contribution in [0.25, 0.3) is 0 Å². The van der Waals surface area contributed by atoms with Crippen molar-refractivity contribution in [3.8, 4) is 0 Å². The van der Waals surface area contributed by atoms with Gasteiger partial charge in [-0.1, -0.05) is 13.3 Å². The van der Waals surface area contributed by atoms with Gasteiger partial charge < -0.3 is 9.64 Å². The van der Waals surface area contributed by atoms with Crippen LogP contribution in [0, 0.1) is 5.92 Å². The first-order valence-corrected chi connectivity index (χ1v) is 6.53. The lowest BCUT2D eigenvalue weighted by atomic mass is 9.84. The number of likely N-dealkylation sites (tertiary alicyclic amines) is 1. The van der Waals surface area contributed by atoms with E-state index in [1.807, 2.05) is 0 Å². The molecule has 2 heterocycles. The summed E-state index contributed by atoms with van der Waals surface area (Å²) in [5.74, 6) is 0.829. The van der Waals surface area contributed by atoms with Crippen molar-refractivity contribution in [2.75, 3.05) is 19.7 Å². The molecule has 1 spiro atoms. The van der Waals surface area contributed by atoms with E-state index in [1.54, 1.807) is 0 Å². The van der Waals surface area contributed by atoms with E-state index in [1.165, 1.54) is 38.8 Å². The molecule has 2 nitrogen and oxygen atoms in total. The summed E-state index contributed by atoms with van der Waals surface area (Å²) in [6, 6.07) is 0.700. The lowest BCUT2D eigenvalue weighted by molar-refractivity contribution is -0.0485. The van der Waals surface area contributed by atoms with Crippen LogP contribution >= 0.6 is 0 Å². The van der Waals surface area contributed by atoms with Crippen LogP contribution < -0.4 is 0 Å². The van der Waals surface area contributed by atoms with Crippen LogP contribution in [0.4, 0.5) is 0 Å². The van der Waals surface area contributed by atoms with Gasteiger partial charge in [-0.25, -0.2) is 0 Å². The summed E-state index contributed by atoms with van der Waals surface area (Å²) >= 11 is 0. The summed E-state index contributed by atoms with van der Waals surface area (Å²) in [4.78, 5) is 2.58. The molecule has 0 bridgehead atoms. The molecular formula is C13H25NO. The van der Waals surface area contributed by atoms with Crippen molar-refractivity contribution >= 4 is 0 Å². The summed E-state index contributed by atoms with van der Waals surface area (Å²) in [7, 11) is 0. The maximum absolute atomic E-state index is 6.09. The quantitative estimate of drug-likeness (QED) is 0.696. The molecule has 2 saturated heterocycles. The summed E-state index contributed by atoms with van der Waals surface area (Å²) in [6.07, 6.45) is 5.11. The number of hydrogen-bond acceptors (Lipinski definition) is 2. The molecule has 0 aliphatic carbocycles. The number of hydrogen-bond donors (Lipinski definition) is 0. The molecule has 2 aliphatic heterocycles. The number of nitrogens with zero attached hydrogens (tertiary/aromatic N) is 1. The number of piperidine rings is 1. The van der Waals surface area contributed by atoms with E-state index < -0.39 is 0 Å². The van der Waals surface area contributed by atoms with Gasteiger partial charge in [-0.2, -0.15) is 0 Å². The lowest BCUT2D eigenvalue weighted by Crippen LogP contribution is -2.46. The van der Waals surface area contributed by atoms with Gasteiger partial charge >= 0.3 is 0 Å². The van der Waals surface area contributed by atoms with Gasteiger partial charge in [-0.3, -0.25) is 0 Å². The van der Waals surface area contributed by atoms with Crippen LogP contribution in [-0.2, 0) is 4.74 Å². The van der Waals surface area contributed by atoms with Gasteiger partial charge in [0.05, 0.1) is 12.2 Å². The highest BCUT2D eigenvalue weighted by atomic mass is 16.5. The van der Waals surface area contributed by atoms with E-state index in [2.05, 4.69) is 25.7 Å². The maximum Gasteiger partial charge on any atom is 0.0710 e. The zero-order valence-corrected chi connectivity index (χ0v) is 10.5. The molecule has 88 valence electrons. The molecule has 0 saturated carbocycles. The average Bonchev–Trinajstić information content (AvgIpc) is 2.62. The minimum absolute atomic E-state index is 0.270. The molecule has 0 amide bonds. The fourth-order valence-corrected chi connectivity index (χ4v) is 3.00. The maximum atomic E-state index is 6.09. The van der Waals surface area contributed by atoms with Crippen LogP contribution in [0.5, 0.6) is 0 Å². The molecule has 0 aromatic carbocycles. The lowest BCUT2D eigenvalue weighted by Gasteiger charge is -2.40. The van der Waals surface area contributed by atoms with E-state index in [-0.39, 0.29) is 5.60 Å². The molecule has 2 rings (SSSR count). The molecule has 2 heteroatoms. The van der Waals surface area contributed by atoms with Crippen molar-refractivity contribution in [3.05, 3.63) is 0 Å². The molecule has 2 aliphatic rings. The highest BCUT2D eigenvalue weighted by Crippen LogP contribution is 2.39. The van der Waals surface area contributed by atoms with E-state index >= 15 is 0 Å². The van der Waals surface area contributed by atoms with Crippen molar-refractivity contribution in [1.82, 2.24) is 4.90 Å².